The molecule has 0 aliphatic carbocycles. The van der Waals surface area contributed by atoms with E-state index < -0.39 is 54.0 Å². The topological polar surface area (TPSA) is 226 Å². The molecule has 208 valence electrons. The van der Waals surface area contributed by atoms with E-state index in [9.17, 15) is 29.4 Å². The molecule has 0 fully saturated rings. The summed E-state index contributed by atoms with van der Waals surface area (Å²) >= 11 is 0. The van der Waals surface area contributed by atoms with Crippen molar-refractivity contribution in [2.45, 2.75) is 69.3 Å². The molecular weight excluding hydrogens is 494 g/mol. The summed E-state index contributed by atoms with van der Waals surface area (Å²) in [5.41, 5.74) is 13.0. The standard InChI is InChI=1S/C25H37N7O6/c1-15(33)21(25(37)38)32-24(36)20(11-16-7-3-2-4-8-16)31-23(35)19(9-5-6-10-26)30-22(34)18(27)12-17-13-28-14-29-17/h2-4,7-8,13-15,18-21,33H,5-6,9-12,26-27H2,1H3,(H,28,29)(H,30,34)(H,31,35)(H,32,36)(H,37,38). The third-order valence-electron chi connectivity index (χ3n) is 5.87. The number of carboxylic acids is 1. The molecule has 3 amide bonds. The predicted octanol–water partition coefficient (Wildman–Crippen LogP) is -1.43. The van der Waals surface area contributed by atoms with Crippen LogP contribution in [0, 0.1) is 0 Å². The first-order valence-corrected chi connectivity index (χ1v) is 12.4. The van der Waals surface area contributed by atoms with Crippen molar-refractivity contribution in [3.63, 3.8) is 0 Å². The number of hydrogen-bond acceptors (Lipinski definition) is 8. The summed E-state index contributed by atoms with van der Waals surface area (Å²) in [6.07, 6.45) is 3.26. The summed E-state index contributed by atoms with van der Waals surface area (Å²) in [5.74, 6) is -3.41. The van der Waals surface area contributed by atoms with Gasteiger partial charge in [0.25, 0.3) is 0 Å². The molecule has 13 heteroatoms. The highest BCUT2D eigenvalue weighted by Gasteiger charge is 2.32. The highest BCUT2D eigenvalue weighted by Crippen LogP contribution is 2.08. The lowest BCUT2D eigenvalue weighted by atomic mass is 10.0. The first-order chi connectivity index (χ1) is 18.1. The number of carbonyl (C=O) groups excluding carboxylic acids is 3. The molecule has 2 aromatic rings. The second-order valence-corrected chi connectivity index (χ2v) is 9.05. The number of nitrogens with zero attached hydrogens (tertiary/aromatic N) is 1. The molecule has 0 aliphatic heterocycles. The Morgan fingerprint density at radius 1 is 0.974 bits per heavy atom. The Labute approximate surface area is 220 Å². The number of amides is 3. The van der Waals surface area contributed by atoms with E-state index >= 15 is 0 Å². The maximum atomic E-state index is 13.3. The van der Waals surface area contributed by atoms with Gasteiger partial charge in [0.1, 0.15) is 12.1 Å². The highest BCUT2D eigenvalue weighted by molar-refractivity contribution is 5.94. The SMILES string of the molecule is CC(O)C(NC(=O)C(Cc1ccccc1)NC(=O)C(CCCCN)NC(=O)C(N)Cc1cnc[nH]1)C(=O)O. The second-order valence-electron chi connectivity index (χ2n) is 9.05. The van der Waals surface area contributed by atoms with E-state index in [-0.39, 0.29) is 19.3 Å². The first-order valence-electron chi connectivity index (χ1n) is 12.4. The van der Waals surface area contributed by atoms with Crippen LogP contribution in [-0.4, -0.2) is 80.7 Å². The van der Waals surface area contributed by atoms with Crippen LogP contribution in [0.4, 0.5) is 0 Å². The van der Waals surface area contributed by atoms with Crippen molar-refractivity contribution in [1.82, 2.24) is 25.9 Å². The van der Waals surface area contributed by atoms with Gasteiger partial charge in [0, 0.05) is 24.7 Å². The van der Waals surface area contributed by atoms with Crippen LogP contribution in [0.25, 0.3) is 0 Å². The number of aliphatic hydroxyl groups is 1. The van der Waals surface area contributed by atoms with Crippen LogP contribution in [0.1, 0.15) is 37.4 Å². The number of aromatic nitrogens is 2. The zero-order chi connectivity index (χ0) is 28.1. The van der Waals surface area contributed by atoms with Gasteiger partial charge in [-0.25, -0.2) is 9.78 Å². The molecule has 1 aromatic heterocycles. The van der Waals surface area contributed by atoms with Crippen molar-refractivity contribution >= 4 is 23.7 Å². The van der Waals surface area contributed by atoms with E-state index in [1.165, 1.54) is 13.3 Å². The molecule has 0 spiro atoms. The van der Waals surface area contributed by atoms with E-state index in [2.05, 4.69) is 25.9 Å². The number of H-pyrrole nitrogens is 1. The number of rotatable bonds is 16. The van der Waals surface area contributed by atoms with Gasteiger partial charge in [-0.1, -0.05) is 30.3 Å². The largest absolute Gasteiger partial charge is 0.480 e. The number of unbranched alkanes of at least 4 members (excludes halogenated alkanes) is 1. The average molecular weight is 532 g/mol. The van der Waals surface area contributed by atoms with E-state index in [4.69, 9.17) is 11.5 Å². The van der Waals surface area contributed by atoms with E-state index in [0.717, 1.165) is 0 Å². The highest BCUT2D eigenvalue weighted by atomic mass is 16.4. The van der Waals surface area contributed by atoms with Gasteiger partial charge < -0.3 is 42.6 Å². The summed E-state index contributed by atoms with van der Waals surface area (Å²) in [4.78, 5) is 57.4. The van der Waals surface area contributed by atoms with Gasteiger partial charge in [-0.3, -0.25) is 14.4 Å². The maximum Gasteiger partial charge on any atom is 0.328 e. The molecular formula is C25H37N7O6. The maximum absolute atomic E-state index is 13.3. The molecule has 1 aromatic carbocycles. The molecule has 2 rings (SSSR count). The minimum Gasteiger partial charge on any atom is -0.480 e. The zero-order valence-electron chi connectivity index (χ0n) is 21.3. The normalized spacial score (nSPS) is 14.9. The lowest BCUT2D eigenvalue weighted by Crippen LogP contribution is -2.58. The number of imidazole rings is 1. The lowest BCUT2D eigenvalue weighted by molar-refractivity contribution is -0.145. The molecule has 0 saturated heterocycles. The van der Waals surface area contributed by atoms with Crippen molar-refractivity contribution in [3.8, 4) is 0 Å². The minimum atomic E-state index is -1.57. The molecule has 5 unspecified atom stereocenters. The van der Waals surface area contributed by atoms with Crippen LogP contribution in [0.2, 0.25) is 0 Å². The van der Waals surface area contributed by atoms with Gasteiger partial charge in [-0.15, -0.1) is 0 Å². The monoisotopic (exact) mass is 531 g/mol. The minimum absolute atomic E-state index is 0.0490. The number of aliphatic carboxylic acids is 1. The fourth-order valence-electron chi connectivity index (χ4n) is 3.74. The molecule has 13 nitrogen and oxygen atoms in total. The Balaban J connectivity index is 2.19. The second kappa shape index (κ2) is 15.4. The third-order valence-corrected chi connectivity index (χ3v) is 5.87. The Hall–Kier alpha value is -3.81. The van der Waals surface area contributed by atoms with Gasteiger partial charge in [0.05, 0.1) is 18.5 Å². The Kier molecular flexibility index (Phi) is 12.4. The van der Waals surface area contributed by atoms with E-state index in [1.54, 1.807) is 36.5 Å². The molecule has 1 heterocycles. The summed E-state index contributed by atoms with van der Waals surface area (Å²) < 4.78 is 0. The first kappa shape index (κ1) is 30.4. The number of benzene rings is 1. The number of nitrogens with two attached hydrogens (primary N) is 2. The number of nitrogens with one attached hydrogen (secondary N) is 4. The molecule has 0 bridgehead atoms. The third kappa shape index (κ3) is 9.92. The van der Waals surface area contributed by atoms with Crippen molar-refractivity contribution in [2.75, 3.05) is 6.54 Å². The summed E-state index contributed by atoms with van der Waals surface area (Å²) in [6, 6.07) is 4.11. The van der Waals surface area contributed by atoms with E-state index in [0.29, 0.717) is 30.6 Å². The van der Waals surface area contributed by atoms with Gasteiger partial charge in [0.2, 0.25) is 17.7 Å². The molecule has 10 N–H and O–H groups in total. The predicted molar refractivity (Wildman–Crippen MR) is 138 cm³/mol. The average Bonchev–Trinajstić information content (AvgIpc) is 3.39. The summed E-state index contributed by atoms with van der Waals surface area (Å²) in [6.45, 7) is 1.63. The van der Waals surface area contributed by atoms with Gasteiger partial charge in [-0.2, -0.15) is 0 Å². The van der Waals surface area contributed by atoms with Gasteiger partial charge in [-0.05, 0) is 38.3 Å². The molecule has 0 aliphatic rings. The summed E-state index contributed by atoms with van der Waals surface area (Å²) in [5, 5.41) is 26.7. The van der Waals surface area contributed by atoms with E-state index in [1.807, 2.05) is 0 Å². The number of aliphatic hydroxyl groups excluding tert-OH is 1. The van der Waals surface area contributed by atoms with Crippen LogP contribution in [0.3, 0.4) is 0 Å². The van der Waals surface area contributed by atoms with Crippen molar-refractivity contribution in [2.24, 2.45) is 11.5 Å². The van der Waals surface area contributed by atoms with Gasteiger partial charge >= 0.3 is 5.97 Å². The smallest absolute Gasteiger partial charge is 0.328 e. The van der Waals surface area contributed by atoms with Crippen molar-refractivity contribution in [1.29, 1.82) is 0 Å². The van der Waals surface area contributed by atoms with Crippen LogP contribution in [-0.2, 0) is 32.0 Å². The molecule has 5 atom stereocenters. The van der Waals surface area contributed by atoms with Crippen LogP contribution in [0.15, 0.2) is 42.9 Å². The Morgan fingerprint density at radius 3 is 2.21 bits per heavy atom. The number of carboxylic acid groups (broad SMARTS) is 1. The Morgan fingerprint density at radius 2 is 1.63 bits per heavy atom. The number of hydrogen-bond donors (Lipinski definition) is 8. The fourth-order valence-corrected chi connectivity index (χ4v) is 3.74. The lowest BCUT2D eigenvalue weighted by Gasteiger charge is -2.26. The number of aromatic amines is 1. The fraction of sp³-hybridized carbons (Fsp3) is 0.480. The molecule has 38 heavy (non-hydrogen) atoms. The number of carbonyl (C=O) groups is 4. The van der Waals surface area contributed by atoms with Crippen LogP contribution in [0.5, 0.6) is 0 Å². The van der Waals surface area contributed by atoms with Crippen LogP contribution < -0.4 is 27.4 Å². The Bertz CT molecular complexity index is 1030. The van der Waals surface area contributed by atoms with Crippen molar-refractivity contribution < 1.29 is 29.4 Å². The zero-order valence-corrected chi connectivity index (χ0v) is 21.3. The molecule has 0 saturated carbocycles. The van der Waals surface area contributed by atoms with Gasteiger partial charge in [0.15, 0.2) is 6.04 Å². The quantitative estimate of drug-likeness (QED) is 0.119. The summed E-state index contributed by atoms with van der Waals surface area (Å²) in [7, 11) is 0. The molecule has 0 radical (unpaired) electrons. The van der Waals surface area contributed by atoms with Crippen LogP contribution >= 0.6 is 0 Å². The van der Waals surface area contributed by atoms with Crippen molar-refractivity contribution in [3.05, 3.63) is 54.1 Å².